The van der Waals surface area contributed by atoms with Gasteiger partial charge in [-0.2, -0.15) is 0 Å². The largest absolute Gasteiger partial charge is 0.466 e. The minimum absolute atomic E-state index is 0.102. The standard InChI is InChI=1S/C19H19NO4S/c1-15-9-11-18(12-10-15)25(22,23)20(14-13-19(21)24-3)16(2)17-7-5-4-6-8-17/h4-14H,2H2,1,3H3/b14-13+. The molecule has 0 amide bonds. The average Bonchev–Trinajstić information content (AvgIpc) is 2.62. The van der Waals surface area contributed by atoms with Crippen LogP contribution in [0.1, 0.15) is 11.1 Å². The van der Waals surface area contributed by atoms with E-state index in [-0.39, 0.29) is 10.6 Å². The Labute approximate surface area is 147 Å². The molecule has 2 rings (SSSR count). The molecule has 0 unspecified atom stereocenters. The lowest BCUT2D eigenvalue weighted by atomic mass is 10.2. The van der Waals surface area contributed by atoms with E-state index in [1.165, 1.54) is 19.2 Å². The minimum Gasteiger partial charge on any atom is -0.466 e. The summed E-state index contributed by atoms with van der Waals surface area (Å²) < 4.78 is 31.6. The van der Waals surface area contributed by atoms with Crippen LogP contribution in [0.15, 0.2) is 78.3 Å². The van der Waals surface area contributed by atoms with E-state index in [0.717, 1.165) is 22.1 Å². The van der Waals surface area contributed by atoms with Crippen LogP contribution in [-0.2, 0) is 19.6 Å². The van der Waals surface area contributed by atoms with Gasteiger partial charge in [0.1, 0.15) is 0 Å². The number of ether oxygens (including phenoxy) is 1. The van der Waals surface area contributed by atoms with Gasteiger partial charge in [0.2, 0.25) is 0 Å². The van der Waals surface area contributed by atoms with E-state index in [0.29, 0.717) is 5.56 Å². The van der Waals surface area contributed by atoms with E-state index in [4.69, 9.17) is 0 Å². The molecule has 0 saturated heterocycles. The molecule has 0 aliphatic rings. The van der Waals surface area contributed by atoms with Crippen LogP contribution in [0.4, 0.5) is 0 Å². The minimum atomic E-state index is -3.93. The maximum atomic E-state index is 13.0. The highest BCUT2D eigenvalue weighted by Gasteiger charge is 2.25. The van der Waals surface area contributed by atoms with Crippen molar-refractivity contribution in [1.29, 1.82) is 0 Å². The number of hydrogen-bond acceptors (Lipinski definition) is 4. The Morgan fingerprint density at radius 2 is 1.68 bits per heavy atom. The topological polar surface area (TPSA) is 63.7 Å². The van der Waals surface area contributed by atoms with Gasteiger partial charge < -0.3 is 4.74 Å². The summed E-state index contributed by atoms with van der Waals surface area (Å²) in [7, 11) is -2.71. The van der Waals surface area contributed by atoms with Crippen LogP contribution in [-0.4, -0.2) is 25.8 Å². The number of carbonyl (C=O) groups is 1. The second kappa shape index (κ2) is 7.81. The molecule has 130 valence electrons. The lowest BCUT2D eigenvalue weighted by Crippen LogP contribution is -2.24. The lowest BCUT2D eigenvalue weighted by molar-refractivity contribution is -0.134. The first kappa shape index (κ1) is 18.5. The van der Waals surface area contributed by atoms with Crippen LogP contribution in [0, 0.1) is 6.92 Å². The molecule has 0 spiro atoms. The first-order valence-corrected chi connectivity index (χ1v) is 8.92. The molecule has 25 heavy (non-hydrogen) atoms. The smallest absolute Gasteiger partial charge is 0.331 e. The van der Waals surface area contributed by atoms with E-state index in [1.54, 1.807) is 36.4 Å². The normalized spacial score (nSPS) is 11.3. The van der Waals surface area contributed by atoms with Gasteiger partial charge in [0.05, 0.1) is 17.7 Å². The molecule has 0 saturated carbocycles. The van der Waals surface area contributed by atoms with Crippen LogP contribution >= 0.6 is 0 Å². The SMILES string of the molecule is C=C(c1ccccc1)N(/C=C/C(=O)OC)S(=O)(=O)c1ccc(C)cc1. The van der Waals surface area contributed by atoms with Crippen molar-refractivity contribution < 1.29 is 17.9 Å². The molecule has 0 heterocycles. The summed E-state index contributed by atoms with van der Waals surface area (Å²) in [5.41, 5.74) is 1.78. The summed E-state index contributed by atoms with van der Waals surface area (Å²) in [5, 5.41) is 0. The zero-order valence-electron chi connectivity index (χ0n) is 14.0. The van der Waals surface area contributed by atoms with Crippen molar-refractivity contribution in [3.05, 3.63) is 84.6 Å². The maximum absolute atomic E-state index is 13.0. The zero-order valence-corrected chi connectivity index (χ0v) is 14.9. The van der Waals surface area contributed by atoms with Gasteiger partial charge in [0.25, 0.3) is 10.0 Å². The monoisotopic (exact) mass is 357 g/mol. The van der Waals surface area contributed by atoms with Crippen molar-refractivity contribution in [2.45, 2.75) is 11.8 Å². The number of nitrogens with zero attached hydrogens (tertiary/aromatic N) is 1. The third kappa shape index (κ3) is 4.36. The van der Waals surface area contributed by atoms with Gasteiger partial charge in [0.15, 0.2) is 0 Å². The Bertz CT molecular complexity index is 885. The summed E-state index contributed by atoms with van der Waals surface area (Å²) in [6.45, 7) is 5.75. The highest BCUT2D eigenvalue weighted by molar-refractivity contribution is 7.89. The molecular formula is C19H19NO4S. The van der Waals surface area contributed by atoms with Gasteiger partial charge >= 0.3 is 5.97 Å². The summed E-state index contributed by atoms with van der Waals surface area (Å²) in [6, 6.07) is 15.3. The Kier molecular flexibility index (Phi) is 5.77. The molecule has 5 nitrogen and oxygen atoms in total. The fraction of sp³-hybridized carbons (Fsp3) is 0.105. The first-order chi connectivity index (χ1) is 11.9. The molecule has 0 radical (unpaired) electrons. The number of benzene rings is 2. The van der Waals surface area contributed by atoms with Crippen molar-refractivity contribution in [3.63, 3.8) is 0 Å². The van der Waals surface area contributed by atoms with E-state index in [9.17, 15) is 13.2 Å². The molecule has 0 fully saturated rings. The second-order valence-corrected chi connectivity index (χ2v) is 7.08. The molecule has 6 heteroatoms. The predicted octanol–water partition coefficient (Wildman–Crippen LogP) is 3.34. The highest BCUT2D eigenvalue weighted by Crippen LogP contribution is 2.26. The molecule has 2 aromatic carbocycles. The fourth-order valence-corrected chi connectivity index (χ4v) is 3.42. The Morgan fingerprint density at radius 3 is 2.24 bits per heavy atom. The number of sulfonamides is 1. The van der Waals surface area contributed by atoms with Crippen molar-refractivity contribution in [2.75, 3.05) is 7.11 Å². The van der Waals surface area contributed by atoms with Crippen LogP contribution < -0.4 is 0 Å². The van der Waals surface area contributed by atoms with Crippen molar-refractivity contribution in [1.82, 2.24) is 4.31 Å². The van der Waals surface area contributed by atoms with Gasteiger partial charge in [-0.25, -0.2) is 17.5 Å². The third-order valence-corrected chi connectivity index (χ3v) is 5.23. The summed E-state index contributed by atoms with van der Waals surface area (Å²) in [4.78, 5) is 11.5. The maximum Gasteiger partial charge on any atom is 0.331 e. The number of esters is 1. The van der Waals surface area contributed by atoms with Crippen LogP contribution in [0.3, 0.4) is 0 Å². The summed E-state index contributed by atoms with van der Waals surface area (Å²) >= 11 is 0. The molecule has 0 aliphatic carbocycles. The van der Waals surface area contributed by atoms with Gasteiger partial charge in [0, 0.05) is 12.3 Å². The molecule has 2 aromatic rings. The molecule has 0 bridgehead atoms. The third-order valence-electron chi connectivity index (χ3n) is 3.50. The van der Waals surface area contributed by atoms with Crippen LogP contribution in [0.5, 0.6) is 0 Å². The predicted molar refractivity (Wildman–Crippen MR) is 96.8 cm³/mol. The Hall–Kier alpha value is -2.86. The van der Waals surface area contributed by atoms with E-state index in [2.05, 4.69) is 11.3 Å². The lowest BCUT2D eigenvalue weighted by Gasteiger charge is -2.23. The number of aryl methyl sites for hydroxylation is 1. The average molecular weight is 357 g/mol. The highest BCUT2D eigenvalue weighted by atomic mass is 32.2. The van der Waals surface area contributed by atoms with Crippen LogP contribution in [0.25, 0.3) is 5.70 Å². The van der Waals surface area contributed by atoms with E-state index < -0.39 is 16.0 Å². The number of hydrogen-bond donors (Lipinski definition) is 0. The van der Waals surface area contributed by atoms with E-state index >= 15 is 0 Å². The zero-order chi connectivity index (χ0) is 18.4. The summed E-state index contributed by atoms with van der Waals surface area (Å²) in [6.07, 6.45) is 2.19. The van der Waals surface area contributed by atoms with Gasteiger partial charge in [-0.05, 0) is 24.6 Å². The Balaban J connectivity index is 2.50. The quantitative estimate of drug-likeness (QED) is 0.587. The summed E-state index contributed by atoms with van der Waals surface area (Å²) in [5.74, 6) is -0.662. The number of rotatable bonds is 6. The number of carbonyl (C=O) groups excluding carboxylic acids is 1. The van der Waals surface area contributed by atoms with Crippen molar-refractivity contribution in [3.8, 4) is 0 Å². The van der Waals surface area contributed by atoms with Gasteiger partial charge in [-0.15, -0.1) is 0 Å². The van der Waals surface area contributed by atoms with Gasteiger partial charge in [-0.3, -0.25) is 0 Å². The molecule has 0 aliphatic heterocycles. The van der Waals surface area contributed by atoms with Crippen molar-refractivity contribution in [2.24, 2.45) is 0 Å². The second-order valence-electron chi connectivity index (χ2n) is 5.27. The van der Waals surface area contributed by atoms with Crippen LogP contribution in [0.2, 0.25) is 0 Å². The van der Waals surface area contributed by atoms with E-state index in [1.807, 2.05) is 13.0 Å². The van der Waals surface area contributed by atoms with Gasteiger partial charge in [-0.1, -0.05) is 54.6 Å². The first-order valence-electron chi connectivity index (χ1n) is 7.48. The molecule has 0 aromatic heterocycles. The number of methoxy groups -OCH3 is 1. The fourth-order valence-electron chi connectivity index (χ4n) is 2.09. The Morgan fingerprint density at radius 1 is 1.08 bits per heavy atom. The molecule has 0 atom stereocenters. The molecule has 0 N–H and O–H groups in total. The van der Waals surface area contributed by atoms with Crippen molar-refractivity contribution >= 4 is 21.7 Å². The molecular weight excluding hydrogens is 338 g/mol.